The van der Waals surface area contributed by atoms with Crippen LogP contribution in [0.4, 0.5) is 5.69 Å². The van der Waals surface area contributed by atoms with Crippen molar-refractivity contribution in [1.82, 2.24) is 10.6 Å². The standard InChI is InChI=1S/C16H23N3O2/c1-5-13(17-4)11-6-8-12(9-7-11)19-10-14(20)18-15(21)16(19,2)3/h6-9,13,17H,5,10H2,1-4H3,(H,18,20,21). The second-order valence-electron chi connectivity index (χ2n) is 5.86. The molecule has 1 unspecified atom stereocenters. The molecule has 0 bridgehead atoms. The van der Waals surface area contributed by atoms with E-state index in [4.69, 9.17) is 0 Å². The Hall–Kier alpha value is -1.88. The Kier molecular flexibility index (Phi) is 4.32. The van der Waals surface area contributed by atoms with Gasteiger partial charge < -0.3 is 10.2 Å². The Bertz CT molecular complexity index is 533. The minimum atomic E-state index is -0.734. The van der Waals surface area contributed by atoms with E-state index < -0.39 is 5.54 Å². The van der Waals surface area contributed by atoms with Crippen LogP contribution in [0.5, 0.6) is 0 Å². The number of hydrogen-bond donors (Lipinski definition) is 2. The van der Waals surface area contributed by atoms with Gasteiger partial charge in [-0.1, -0.05) is 19.1 Å². The number of piperazine rings is 1. The highest BCUT2D eigenvalue weighted by Gasteiger charge is 2.40. The maximum Gasteiger partial charge on any atom is 0.251 e. The van der Waals surface area contributed by atoms with Crippen molar-refractivity contribution in [1.29, 1.82) is 0 Å². The average molecular weight is 289 g/mol. The van der Waals surface area contributed by atoms with Crippen LogP contribution >= 0.6 is 0 Å². The van der Waals surface area contributed by atoms with Gasteiger partial charge in [-0.15, -0.1) is 0 Å². The first-order valence-electron chi connectivity index (χ1n) is 7.29. The van der Waals surface area contributed by atoms with E-state index in [0.717, 1.165) is 12.1 Å². The van der Waals surface area contributed by atoms with Gasteiger partial charge in [-0.25, -0.2) is 0 Å². The molecule has 0 saturated carbocycles. The van der Waals surface area contributed by atoms with Crippen LogP contribution in [-0.4, -0.2) is 30.9 Å². The van der Waals surface area contributed by atoms with E-state index in [2.05, 4.69) is 17.6 Å². The smallest absolute Gasteiger partial charge is 0.251 e. The summed E-state index contributed by atoms with van der Waals surface area (Å²) in [6, 6.07) is 8.37. The molecule has 21 heavy (non-hydrogen) atoms. The summed E-state index contributed by atoms with van der Waals surface area (Å²) in [6.07, 6.45) is 1.01. The van der Waals surface area contributed by atoms with Crippen LogP contribution in [-0.2, 0) is 9.59 Å². The van der Waals surface area contributed by atoms with Crippen molar-refractivity contribution in [2.24, 2.45) is 0 Å². The van der Waals surface area contributed by atoms with Gasteiger partial charge in [0.2, 0.25) is 5.91 Å². The van der Waals surface area contributed by atoms with Crippen LogP contribution in [0.25, 0.3) is 0 Å². The van der Waals surface area contributed by atoms with E-state index in [1.165, 1.54) is 5.56 Å². The summed E-state index contributed by atoms with van der Waals surface area (Å²) in [6.45, 7) is 5.98. The molecule has 0 aromatic heterocycles. The summed E-state index contributed by atoms with van der Waals surface area (Å²) in [4.78, 5) is 25.5. The van der Waals surface area contributed by atoms with Gasteiger partial charge in [0.1, 0.15) is 5.54 Å². The summed E-state index contributed by atoms with van der Waals surface area (Å²) in [5, 5.41) is 5.65. The molecule has 0 radical (unpaired) electrons. The normalized spacial score (nSPS) is 19.3. The molecule has 1 aliphatic heterocycles. The zero-order valence-corrected chi connectivity index (χ0v) is 13.1. The number of nitrogens with one attached hydrogen (secondary N) is 2. The highest BCUT2D eigenvalue weighted by molar-refractivity contribution is 6.06. The molecular weight excluding hydrogens is 266 g/mol. The van der Waals surface area contributed by atoms with Crippen molar-refractivity contribution in [2.75, 3.05) is 18.5 Å². The Morgan fingerprint density at radius 2 is 1.90 bits per heavy atom. The van der Waals surface area contributed by atoms with Crippen LogP contribution in [0.2, 0.25) is 0 Å². The number of hydrogen-bond acceptors (Lipinski definition) is 4. The number of nitrogens with zero attached hydrogens (tertiary/aromatic N) is 1. The molecular formula is C16H23N3O2. The monoisotopic (exact) mass is 289 g/mol. The fraction of sp³-hybridized carbons (Fsp3) is 0.500. The number of imide groups is 1. The molecule has 2 rings (SSSR count). The average Bonchev–Trinajstić information content (AvgIpc) is 2.45. The predicted octanol–water partition coefficient (Wildman–Crippen LogP) is 1.60. The van der Waals surface area contributed by atoms with E-state index in [1.807, 2.05) is 50.1 Å². The lowest BCUT2D eigenvalue weighted by Gasteiger charge is -2.41. The fourth-order valence-corrected chi connectivity index (χ4v) is 2.69. The van der Waals surface area contributed by atoms with Gasteiger partial charge in [0.15, 0.2) is 0 Å². The second kappa shape index (κ2) is 5.85. The summed E-state index contributed by atoms with van der Waals surface area (Å²) < 4.78 is 0. The Morgan fingerprint density at radius 3 is 2.43 bits per heavy atom. The Morgan fingerprint density at radius 1 is 1.29 bits per heavy atom. The Balaban J connectivity index is 2.28. The molecule has 1 aromatic rings. The van der Waals surface area contributed by atoms with Crippen molar-refractivity contribution in [3.63, 3.8) is 0 Å². The fourth-order valence-electron chi connectivity index (χ4n) is 2.69. The number of carbonyl (C=O) groups is 2. The number of rotatable bonds is 4. The lowest BCUT2D eigenvalue weighted by molar-refractivity contribution is -0.135. The SMILES string of the molecule is CCC(NC)c1ccc(N2CC(=O)NC(=O)C2(C)C)cc1. The van der Waals surface area contributed by atoms with Gasteiger partial charge in [0.25, 0.3) is 5.91 Å². The third kappa shape index (κ3) is 2.93. The van der Waals surface area contributed by atoms with Crippen molar-refractivity contribution < 1.29 is 9.59 Å². The van der Waals surface area contributed by atoms with E-state index in [-0.39, 0.29) is 18.4 Å². The lowest BCUT2D eigenvalue weighted by atomic mass is 9.96. The number of amides is 2. The lowest BCUT2D eigenvalue weighted by Crippen LogP contribution is -2.64. The van der Waals surface area contributed by atoms with Crippen molar-refractivity contribution in [3.8, 4) is 0 Å². The first-order chi connectivity index (χ1) is 9.90. The first kappa shape index (κ1) is 15.5. The number of carbonyl (C=O) groups excluding carboxylic acids is 2. The molecule has 1 aliphatic rings. The van der Waals surface area contributed by atoms with Crippen LogP contribution in [0.1, 0.15) is 38.8 Å². The van der Waals surface area contributed by atoms with Crippen molar-refractivity contribution in [2.45, 2.75) is 38.8 Å². The predicted molar refractivity (Wildman–Crippen MR) is 83.1 cm³/mol. The Labute approximate surface area is 125 Å². The third-order valence-corrected chi connectivity index (χ3v) is 4.15. The second-order valence-corrected chi connectivity index (χ2v) is 5.86. The minimum absolute atomic E-state index is 0.196. The molecule has 1 atom stereocenters. The zero-order chi connectivity index (χ0) is 15.6. The maximum atomic E-state index is 12.0. The summed E-state index contributed by atoms with van der Waals surface area (Å²) in [5.74, 6) is -0.519. The summed E-state index contributed by atoms with van der Waals surface area (Å²) in [5.41, 5.74) is 1.36. The third-order valence-electron chi connectivity index (χ3n) is 4.15. The molecule has 2 amide bonds. The molecule has 0 spiro atoms. The van der Waals surface area contributed by atoms with Crippen molar-refractivity contribution in [3.05, 3.63) is 29.8 Å². The van der Waals surface area contributed by atoms with E-state index in [0.29, 0.717) is 6.04 Å². The van der Waals surface area contributed by atoms with Gasteiger partial charge in [-0.3, -0.25) is 14.9 Å². The van der Waals surface area contributed by atoms with Gasteiger partial charge in [0, 0.05) is 11.7 Å². The first-order valence-corrected chi connectivity index (χ1v) is 7.29. The molecule has 1 heterocycles. The molecule has 1 saturated heterocycles. The van der Waals surface area contributed by atoms with E-state index in [1.54, 1.807) is 0 Å². The van der Waals surface area contributed by atoms with E-state index >= 15 is 0 Å². The molecule has 5 nitrogen and oxygen atoms in total. The molecule has 1 aromatic carbocycles. The summed E-state index contributed by atoms with van der Waals surface area (Å²) in [7, 11) is 1.94. The number of anilines is 1. The number of benzene rings is 1. The summed E-state index contributed by atoms with van der Waals surface area (Å²) >= 11 is 0. The molecule has 1 fully saturated rings. The van der Waals surface area contributed by atoms with Gasteiger partial charge in [-0.05, 0) is 45.0 Å². The van der Waals surface area contributed by atoms with Gasteiger partial charge in [-0.2, -0.15) is 0 Å². The molecule has 114 valence electrons. The molecule has 5 heteroatoms. The topological polar surface area (TPSA) is 61.4 Å². The molecule has 2 N–H and O–H groups in total. The van der Waals surface area contributed by atoms with E-state index in [9.17, 15) is 9.59 Å². The molecule has 0 aliphatic carbocycles. The van der Waals surface area contributed by atoms with Crippen LogP contribution < -0.4 is 15.5 Å². The highest BCUT2D eigenvalue weighted by atomic mass is 16.2. The van der Waals surface area contributed by atoms with Crippen LogP contribution in [0.15, 0.2) is 24.3 Å². The van der Waals surface area contributed by atoms with Crippen molar-refractivity contribution >= 4 is 17.5 Å². The van der Waals surface area contributed by atoms with Crippen LogP contribution in [0, 0.1) is 0 Å². The maximum absolute atomic E-state index is 12.0. The zero-order valence-electron chi connectivity index (χ0n) is 13.1. The quantitative estimate of drug-likeness (QED) is 0.827. The van der Waals surface area contributed by atoms with Gasteiger partial charge in [0.05, 0.1) is 6.54 Å². The highest BCUT2D eigenvalue weighted by Crippen LogP contribution is 2.28. The van der Waals surface area contributed by atoms with Gasteiger partial charge >= 0.3 is 0 Å². The largest absolute Gasteiger partial charge is 0.348 e. The minimum Gasteiger partial charge on any atom is -0.348 e. The van der Waals surface area contributed by atoms with Crippen LogP contribution in [0.3, 0.4) is 0 Å².